The van der Waals surface area contributed by atoms with Crippen LogP contribution in [0.4, 0.5) is 5.69 Å². The van der Waals surface area contributed by atoms with E-state index in [0.29, 0.717) is 28.3 Å². The van der Waals surface area contributed by atoms with Gasteiger partial charge in [0.25, 0.3) is 0 Å². The van der Waals surface area contributed by atoms with Gasteiger partial charge in [0.05, 0.1) is 26.3 Å². The van der Waals surface area contributed by atoms with E-state index in [2.05, 4.69) is 5.32 Å². The van der Waals surface area contributed by atoms with Crippen LogP contribution in [0.25, 0.3) is 0 Å². The largest absolute Gasteiger partial charge is 0.496 e. The van der Waals surface area contributed by atoms with Crippen LogP contribution in [0.5, 0.6) is 11.5 Å². The van der Waals surface area contributed by atoms with Gasteiger partial charge < -0.3 is 14.8 Å². The van der Waals surface area contributed by atoms with Gasteiger partial charge in [0.1, 0.15) is 11.5 Å². The Balaban J connectivity index is 2.19. The van der Waals surface area contributed by atoms with Crippen LogP contribution in [0.3, 0.4) is 0 Å². The van der Waals surface area contributed by atoms with Gasteiger partial charge in [-0.3, -0.25) is 9.59 Å². The molecule has 5 nitrogen and oxygen atoms in total. The van der Waals surface area contributed by atoms with Crippen molar-refractivity contribution >= 4 is 17.4 Å². The molecule has 0 unspecified atom stereocenters. The highest BCUT2D eigenvalue weighted by atomic mass is 16.5. The Morgan fingerprint density at radius 1 is 1.00 bits per heavy atom. The highest BCUT2D eigenvalue weighted by Gasteiger charge is 2.13. The number of nitrogens with one attached hydrogen (secondary N) is 1. The predicted octanol–water partition coefficient (Wildman–Crippen LogP) is 3.09. The van der Waals surface area contributed by atoms with Crippen molar-refractivity contribution in [1.82, 2.24) is 0 Å². The number of benzene rings is 2. The molecule has 0 spiro atoms. The average molecular weight is 313 g/mol. The van der Waals surface area contributed by atoms with E-state index in [1.165, 1.54) is 14.0 Å². The lowest BCUT2D eigenvalue weighted by atomic mass is 10.0. The second-order valence-electron chi connectivity index (χ2n) is 5.01. The summed E-state index contributed by atoms with van der Waals surface area (Å²) in [5, 5.41) is 2.81. The summed E-state index contributed by atoms with van der Waals surface area (Å²) in [6.45, 7) is 1.49. The van der Waals surface area contributed by atoms with Crippen molar-refractivity contribution in [3.05, 3.63) is 53.6 Å². The summed E-state index contributed by atoms with van der Waals surface area (Å²) in [4.78, 5) is 23.8. The second kappa shape index (κ2) is 7.45. The number of methoxy groups -OCH3 is 2. The molecule has 2 aromatic rings. The Bertz CT molecular complexity index is 725. The molecule has 0 aliphatic heterocycles. The summed E-state index contributed by atoms with van der Waals surface area (Å²) in [7, 11) is 3.08. The summed E-state index contributed by atoms with van der Waals surface area (Å²) in [6.07, 6.45) is 0.0995. The number of ketones is 1. The van der Waals surface area contributed by atoms with Crippen LogP contribution in [0.15, 0.2) is 42.5 Å². The normalized spacial score (nSPS) is 10.0. The second-order valence-corrected chi connectivity index (χ2v) is 5.01. The van der Waals surface area contributed by atoms with Gasteiger partial charge in [-0.25, -0.2) is 0 Å². The van der Waals surface area contributed by atoms with Crippen molar-refractivity contribution in [2.24, 2.45) is 0 Å². The lowest BCUT2D eigenvalue weighted by molar-refractivity contribution is -0.115. The fraction of sp³-hybridized carbons (Fsp3) is 0.222. The first-order valence-corrected chi connectivity index (χ1v) is 7.16. The summed E-state index contributed by atoms with van der Waals surface area (Å²) >= 11 is 0. The number of carbonyl (C=O) groups is 2. The molecular weight excluding hydrogens is 294 g/mol. The standard InChI is InChI=1S/C18H19NO4/c1-12(20)13-8-9-16(22-2)14(10-13)11-18(21)19-15-6-4-5-7-17(15)23-3/h4-10H,11H2,1-3H3,(H,19,21). The molecule has 23 heavy (non-hydrogen) atoms. The third kappa shape index (κ3) is 4.10. The summed E-state index contributed by atoms with van der Waals surface area (Å²) in [5.74, 6) is 0.892. The predicted molar refractivity (Wildman–Crippen MR) is 88.3 cm³/mol. The minimum atomic E-state index is -0.214. The van der Waals surface area contributed by atoms with Crippen LogP contribution < -0.4 is 14.8 Å². The molecule has 0 radical (unpaired) electrons. The van der Waals surface area contributed by atoms with Gasteiger partial charge in [-0.2, -0.15) is 0 Å². The number of Topliss-reactive ketones (excluding diaryl/α,β-unsaturated/α-hetero) is 1. The topological polar surface area (TPSA) is 64.6 Å². The fourth-order valence-electron chi connectivity index (χ4n) is 2.25. The van der Waals surface area contributed by atoms with Gasteiger partial charge in [-0.05, 0) is 37.3 Å². The number of carbonyl (C=O) groups excluding carboxylic acids is 2. The van der Waals surface area contributed by atoms with Crippen LogP contribution in [0.2, 0.25) is 0 Å². The quantitative estimate of drug-likeness (QED) is 0.832. The zero-order chi connectivity index (χ0) is 16.8. The Hall–Kier alpha value is -2.82. The van der Waals surface area contributed by atoms with Gasteiger partial charge in [0.15, 0.2) is 5.78 Å². The summed E-state index contributed by atoms with van der Waals surface area (Å²) < 4.78 is 10.5. The van der Waals surface area contributed by atoms with E-state index in [4.69, 9.17) is 9.47 Å². The molecule has 1 amide bonds. The molecule has 0 atom stereocenters. The van der Waals surface area contributed by atoms with Crippen molar-refractivity contribution in [2.45, 2.75) is 13.3 Å². The van der Waals surface area contributed by atoms with Crippen molar-refractivity contribution in [1.29, 1.82) is 0 Å². The van der Waals surface area contributed by atoms with E-state index in [9.17, 15) is 9.59 Å². The molecule has 2 aromatic carbocycles. The molecule has 120 valence electrons. The van der Waals surface area contributed by atoms with E-state index >= 15 is 0 Å². The van der Waals surface area contributed by atoms with Gasteiger partial charge in [-0.1, -0.05) is 12.1 Å². The van der Waals surface area contributed by atoms with Crippen molar-refractivity contribution in [2.75, 3.05) is 19.5 Å². The Morgan fingerprint density at radius 3 is 2.35 bits per heavy atom. The van der Waals surface area contributed by atoms with Crippen LogP contribution in [0.1, 0.15) is 22.8 Å². The highest BCUT2D eigenvalue weighted by molar-refractivity contribution is 5.96. The van der Waals surface area contributed by atoms with E-state index in [0.717, 1.165) is 0 Å². The molecule has 2 rings (SSSR count). The number of ether oxygens (including phenoxy) is 2. The Labute approximate surface area is 135 Å². The van der Waals surface area contributed by atoms with E-state index in [-0.39, 0.29) is 18.1 Å². The zero-order valence-electron chi connectivity index (χ0n) is 13.4. The lowest BCUT2D eigenvalue weighted by Crippen LogP contribution is -2.15. The van der Waals surface area contributed by atoms with Crippen LogP contribution >= 0.6 is 0 Å². The third-order valence-corrected chi connectivity index (χ3v) is 3.42. The smallest absolute Gasteiger partial charge is 0.229 e. The SMILES string of the molecule is COc1ccc(C(C)=O)cc1CC(=O)Nc1ccccc1OC. The average Bonchev–Trinajstić information content (AvgIpc) is 2.55. The number of anilines is 1. The Morgan fingerprint density at radius 2 is 1.70 bits per heavy atom. The lowest BCUT2D eigenvalue weighted by Gasteiger charge is -2.12. The van der Waals surface area contributed by atoms with Crippen LogP contribution in [0, 0.1) is 0 Å². The highest BCUT2D eigenvalue weighted by Crippen LogP contribution is 2.25. The maximum atomic E-state index is 12.3. The first-order valence-electron chi connectivity index (χ1n) is 7.16. The maximum absolute atomic E-state index is 12.3. The fourth-order valence-corrected chi connectivity index (χ4v) is 2.25. The molecular formula is C18H19NO4. The monoisotopic (exact) mass is 313 g/mol. The van der Waals surface area contributed by atoms with Gasteiger partial charge in [0.2, 0.25) is 5.91 Å². The first-order chi connectivity index (χ1) is 11.0. The molecule has 0 saturated heterocycles. The molecule has 0 aliphatic rings. The maximum Gasteiger partial charge on any atom is 0.229 e. The Kier molecular flexibility index (Phi) is 5.36. The molecule has 0 saturated carbocycles. The minimum absolute atomic E-state index is 0.0564. The summed E-state index contributed by atoms with van der Waals surface area (Å²) in [6, 6.07) is 12.2. The number of amides is 1. The van der Waals surface area contributed by atoms with Crippen molar-refractivity contribution in [3.63, 3.8) is 0 Å². The van der Waals surface area contributed by atoms with E-state index < -0.39 is 0 Å². The molecule has 1 N–H and O–H groups in total. The van der Waals surface area contributed by atoms with Crippen molar-refractivity contribution < 1.29 is 19.1 Å². The number of hydrogen-bond donors (Lipinski definition) is 1. The molecule has 0 heterocycles. The third-order valence-electron chi connectivity index (χ3n) is 3.42. The van der Waals surface area contributed by atoms with Gasteiger partial charge >= 0.3 is 0 Å². The molecule has 0 aromatic heterocycles. The summed E-state index contributed by atoms with van der Waals surface area (Å²) in [5.41, 5.74) is 1.81. The zero-order valence-corrected chi connectivity index (χ0v) is 13.4. The van der Waals surface area contributed by atoms with E-state index in [1.807, 2.05) is 12.1 Å². The number of para-hydroxylation sites is 2. The van der Waals surface area contributed by atoms with Crippen LogP contribution in [-0.2, 0) is 11.2 Å². The molecule has 0 aliphatic carbocycles. The van der Waals surface area contributed by atoms with E-state index in [1.54, 1.807) is 37.4 Å². The first kappa shape index (κ1) is 16.5. The number of rotatable bonds is 6. The van der Waals surface area contributed by atoms with Gasteiger partial charge in [-0.15, -0.1) is 0 Å². The number of hydrogen-bond acceptors (Lipinski definition) is 4. The minimum Gasteiger partial charge on any atom is -0.496 e. The molecule has 5 heteroatoms. The van der Waals surface area contributed by atoms with Gasteiger partial charge in [0, 0.05) is 11.1 Å². The molecule has 0 bridgehead atoms. The van der Waals surface area contributed by atoms with Crippen molar-refractivity contribution in [3.8, 4) is 11.5 Å². The van der Waals surface area contributed by atoms with Crippen LogP contribution in [-0.4, -0.2) is 25.9 Å². The molecule has 0 fully saturated rings.